The molecule has 0 radical (unpaired) electrons. The van der Waals surface area contributed by atoms with Gasteiger partial charge in [0.2, 0.25) is 0 Å². The molecule has 4 heteroatoms. The van der Waals surface area contributed by atoms with Crippen molar-refractivity contribution >= 4 is 17.3 Å². The lowest BCUT2D eigenvalue weighted by atomic mass is 10.1. The van der Waals surface area contributed by atoms with Crippen molar-refractivity contribution in [1.29, 1.82) is 0 Å². The fraction of sp³-hybridized carbons (Fsp3) is 0.571. The molecular weight excluding hydrogens is 246 g/mol. The Morgan fingerprint density at radius 3 is 2.56 bits per heavy atom. The van der Waals surface area contributed by atoms with Gasteiger partial charge in [0, 0.05) is 42.4 Å². The van der Waals surface area contributed by atoms with E-state index >= 15 is 0 Å². The largest absolute Gasteiger partial charge is 0.368 e. The Morgan fingerprint density at radius 1 is 1.28 bits per heavy atom. The fourth-order valence-corrected chi connectivity index (χ4v) is 2.70. The molecule has 1 N–H and O–H groups in total. The Hall–Kier alpha value is -0.770. The molecule has 1 heterocycles. The summed E-state index contributed by atoms with van der Waals surface area (Å²) in [5.74, 6) is 0. The molecule has 0 aliphatic carbocycles. The van der Waals surface area contributed by atoms with E-state index in [1.807, 2.05) is 19.2 Å². The highest BCUT2D eigenvalue weighted by Crippen LogP contribution is 2.23. The first-order valence-corrected chi connectivity index (χ1v) is 6.86. The summed E-state index contributed by atoms with van der Waals surface area (Å²) >= 11 is 5.94. The standard InChI is InChI=1S/C14H22ClN3/c1-11-9-18(10-14(8-16-2)17(11)3)13-6-4-12(15)5-7-13/h4-7,11,14,16H,8-10H2,1-3H3. The highest BCUT2D eigenvalue weighted by molar-refractivity contribution is 6.30. The van der Waals surface area contributed by atoms with Crippen LogP contribution in [0.3, 0.4) is 0 Å². The van der Waals surface area contributed by atoms with Crippen LogP contribution in [0, 0.1) is 0 Å². The van der Waals surface area contributed by atoms with Gasteiger partial charge in [-0.25, -0.2) is 0 Å². The van der Waals surface area contributed by atoms with Crippen molar-refractivity contribution in [3.05, 3.63) is 29.3 Å². The quantitative estimate of drug-likeness (QED) is 0.905. The van der Waals surface area contributed by atoms with E-state index in [4.69, 9.17) is 11.6 Å². The molecule has 2 atom stereocenters. The zero-order valence-electron chi connectivity index (χ0n) is 11.4. The van der Waals surface area contributed by atoms with Crippen molar-refractivity contribution in [2.24, 2.45) is 0 Å². The molecule has 0 saturated carbocycles. The predicted molar refractivity (Wildman–Crippen MR) is 78.6 cm³/mol. The van der Waals surface area contributed by atoms with E-state index in [1.54, 1.807) is 0 Å². The van der Waals surface area contributed by atoms with Gasteiger partial charge in [0.1, 0.15) is 0 Å². The molecule has 0 bridgehead atoms. The van der Waals surface area contributed by atoms with Crippen LogP contribution in [0.25, 0.3) is 0 Å². The lowest BCUT2D eigenvalue weighted by Gasteiger charge is -2.45. The van der Waals surface area contributed by atoms with Gasteiger partial charge >= 0.3 is 0 Å². The predicted octanol–water partition coefficient (Wildman–Crippen LogP) is 2.07. The van der Waals surface area contributed by atoms with Gasteiger partial charge in [0.15, 0.2) is 0 Å². The van der Waals surface area contributed by atoms with Crippen LogP contribution in [0.2, 0.25) is 5.02 Å². The Bertz CT molecular complexity index is 379. The van der Waals surface area contributed by atoms with Crippen molar-refractivity contribution in [1.82, 2.24) is 10.2 Å². The highest BCUT2D eigenvalue weighted by atomic mass is 35.5. The highest BCUT2D eigenvalue weighted by Gasteiger charge is 2.28. The second-order valence-electron chi connectivity index (χ2n) is 5.11. The van der Waals surface area contributed by atoms with Crippen molar-refractivity contribution < 1.29 is 0 Å². The molecule has 1 saturated heterocycles. The van der Waals surface area contributed by atoms with Crippen LogP contribution in [-0.4, -0.2) is 50.7 Å². The molecule has 3 nitrogen and oxygen atoms in total. The van der Waals surface area contributed by atoms with Crippen LogP contribution in [-0.2, 0) is 0 Å². The Morgan fingerprint density at radius 2 is 1.94 bits per heavy atom. The zero-order chi connectivity index (χ0) is 13.1. The summed E-state index contributed by atoms with van der Waals surface area (Å²) in [7, 11) is 4.23. The molecule has 1 aliphatic rings. The summed E-state index contributed by atoms with van der Waals surface area (Å²) in [4.78, 5) is 4.91. The molecular formula is C14H22ClN3. The maximum absolute atomic E-state index is 5.94. The molecule has 1 aromatic rings. The average Bonchev–Trinajstić information content (AvgIpc) is 2.36. The van der Waals surface area contributed by atoms with Gasteiger partial charge in [-0.05, 0) is 45.3 Å². The number of likely N-dealkylation sites (N-methyl/N-ethyl adjacent to an activating group) is 2. The van der Waals surface area contributed by atoms with Crippen LogP contribution in [0.5, 0.6) is 0 Å². The molecule has 1 aliphatic heterocycles. The topological polar surface area (TPSA) is 18.5 Å². The summed E-state index contributed by atoms with van der Waals surface area (Å²) in [6.07, 6.45) is 0. The SMILES string of the molecule is CNCC1CN(c2ccc(Cl)cc2)CC(C)N1C. The summed E-state index contributed by atoms with van der Waals surface area (Å²) in [6.45, 7) is 5.43. The Balaban J connectivity index is 2.12. The number of hydrogen-bond acceptors (Lipinski definition) is 3. The minimum Gasteiger partial charge on any atom is -0.368 e. The third kappa shape index (κ3) is 2.97. The fourth-order valence-electron chi connectivity index (χ4n) is 2.57. The summed E-state index contributed by atoms with van der Waals surface area (Å²) in [5.41, 5.74) is 1.26. The number of nitrogens with one attached hydrogen (secondary N) is 1. The summed E-state index contributed by atoms with van der Waals surface area (Å²) < 4.78 is 0. The van der Waals surface area contributed by atoms with Gasteiger partial charge in [-0.3, -0.25) is 4.90 Å². The molecule has 2 rings (SSSR count). The maximum atomic E-state index is 5.94. The van der Waals surface area contributed by atoms with Crippen LogP contribution in [0.4, 0.5) is 5.69 Å². The van der Waals surface area contributed by atoms with Gasteiger partial charge < -0.3 is 10.2 Å². The normalized spacial score (nSPS) is 25.4. The summed E-state index contributed by atoms with van der Waals surface area (Å²) in [6, 6.07) is 9.26. The lowest BCUT2D eigenvalue weighted by Crippen LogP contribution is -2.58. The van der Waals surface area contributed by atoms with Crippen LogP contribution < -0.4 is 10.2 Å². The number of halogens is 1. The van der Waals surface area contributed by atoms with Crippen molar-refractivity contribution in [2.75, 3.05) is 38.6 Å². The minimum atomic E-state index is 0.550. The lowest BCUT2D eigenvalue weighted by molar-refractivity contribution is 0.157. The average molecular weight is 268 g/mol. The molecule has 0 spiro atoms. The van der Waals surface area contributed by atoms with Crippen LogP contribution in [0.1, 0.15) is 6.92 Å². The second kappa shape index (κ2) is 5.91. The molecule has 0 aromatic heterocycles. The number of hydrogen-bond donors (Lipinski definition) is 1. The second-order valence-corrected chi connectivity index (χ2v) is 5.54. The van der Waals surface area contributed by atoms with Crippen molar-refractivity contribution in [3.63, 3.8) is 0 Å². The third-order valence-corrected chi connectivity index (χ3v) is 4.07. The van der Waals surface area contributed by atoms with E-state index in [2.05, 4.69) is 41.2 Å². The van der Waals surface area contributed by atoms with Gasteiger partial charge in [-0.1, -0.05) is 11.6 Å². The number of benzene rings is 1. The van der Waals surface area contributed by atoms with E-state index in [-0.39, 0.29) is 0 Å². The van der Waals surface area contributed by atoms with E-state index in [1.165, 1.54) is 5.69 Å². The maximum Gasteiger partial charge on any atom is 0.0407 e. The number of nitrogens with zero attached hydrogens (tertiary/aromatic N) is 2. The molecule has 1 aromatic carbocycles. The minimum absolute atomic E-state index is 0.550. The molecule has 2 unspecified atom stereocenters. The van der Waals surface area contributed by atoms with Crippen molar-refractivity contribution in [3.8, 4) is 0 Å². The van der Waals surface area contributed by atoms with E-state index in [9.17, 15) is 0 Å². The number of rotatable bonds is 3. The number of anilines is 1. The first-order chi connectivity index (χ1) is 8.61. The van der Waals surface area contributed by atoms with Gasteiger partial charge in [0.05, 0.1) is 0 Å². The van der Waals surface area contributed by atoms with Crippen molar-refractivity contribution in [2.45, 2.75) is 19.0 Å². The zero-order valence-corrected chi connectivity index (χ0v) is 12.1. The van der Waals surface area contributed by atoms with Crippen LogP contribution >= 0.6 is 11.6 Å². The van der Waals surface area contributed by atoms with Crippen LogP contribution in [0.15, 0.2) is 24.3 Å². The monoisotopic (exact) mass is 267 g/mol. The summed E-state index contributed by atoms with van der Waals surface area (Å²) in [5, 5.41) is 4.08. The number of piperazine rings is 1. The van der Waals surface area contributed by atoms with E-state index in [0.29, 0.717) is 12.1 Å². The Labute approximate surface area is 115 Å². The molecule has 18 heavy (non-hydrogen) atoms. The van der Waals surface area contributed by atoms with E-state index in [0.717, 1.165) is 24.7 Å². The van der Waals surface area contributed by atoms with Gasteiger partial charge in [0.25, 0.3) is 0 Å². The molecule has 0 amide bonds. The first-order valence-electron chi connectivity index (χ1n) is 6.49. The molecule has 1 fully saturated rings. The smallest absolute Gasteiger partial charge is 0.0407 e. The molecule has 100 valence electrons. The van der Waals surface area contributed by atoms with Gasteiger partial charge in [-0.2, -0.15) is 0 Å². The first kappa shape index (κ1) is 13.7. The Kier molecular flexibility index (Phi) is 4.49. The van der Waals surface area contributed by atoms with E-state index < -0.39 is 0 Å². The van der Waals surface area contributed by atoms with Gasteiger partial charge in [-0.15, -0.1) is 0 Å². The third-order valence-electron chi connectivity index (χ3n) is 3.82.